The van der Waals surface area contributed by atoms with Crippen LogP contribution in [0, 0.1) is 29.1 Å². The number of aliphatic hydroxyl groups is 1. The van der Waals surface area contributed by atoms with Gasteiger partial charge in [0.2, 0.25) is 0 Å². The molecular formula is C15H29O+. The zero-order chi connectivity index (χ0) is 13.1. The second-order valence-corrected chi connectivity index (χ2v) is 6.67. The Morgan fingerprint density at radius 2 is 1.44 bits per heavy atom. The molecule has 1 heteroatoms. The first-order valence-electron chi connectivity index (χ1n) is 6.27. The van der Waals surface area contributed by atoms with Crippen molar-refractivity contribution in [1.82, 2.24) is 0 Å². The van der Waals surface area contributed by atoms with Crippen LogP contribution in [0.25, 0.3) is 0 Å². The Hall–Kier alpha value is -0.590. The molecule has 0 aliphatic carbocycles. The highest BCUT2D eigenvalue weighted by Gasteiger charge is 2.33. The Kier molecular flexibility index (Phi) is 4.97. The fourth-order valence-electron chi connectivity index (χ4n) is 1.14. The van der Waals surface area contributed by atoms with Gasteiger partial charge in [0, 0.05) is 0 Å². The van der Waals surface area contributed by atoms with Crippen LogP contribution in [0.2, 0.25) is 0 Å². The third-order valence-corrected chi connectivity index (χ3v) is 4.02. The summed E-state index contributed by atoms with van der Waals surface area (Å²) in [5.41, 5.74) is 0.0707. The highest BCUT2D eigenvalue weighted by Crippen LogP contribution is 2.34. The van der Waals surface area contributed by atoms with Crippen molar-refractivity contribution in [3.8, 4) is 0 Å². The van der Waals surface area contributed by atoms with Crippen LogP contribution in [0.1, 0.15) is 55.4 Å². The fourth-order valence-corrected chi connectivity index (χ4v) is 1.14. The lowest BCUT2D eigenvalue weighted by atomic mass is 9.75. The van der Waals surface area contributed by atoms with Gasteiger partial charge in [-0.05, 0) is 39.5 Å². The molecule has 94 valence electrons. The maximum absolute atomic E-state index is 10.0. The van der Waals surface area contributed by atoms with Gasteiger partial charge in [0.15, 0.2) is 0 Å². The molecule has 0 rings (SSSR count). The highest BCUT2D eigenvalue weighted by molar-refractivity contribution is 5.14. The fraction of sp³-hybridized carbons (Fsp3) is 0.800. The van der Waals surface area contributed by atoms with Gasteiger partial charge in [-0.15, -0.1) is 0 Å². The topological polar surface area (TPSA) is 20.2 Å². The molecule has 0 saturated carbocycles. The van der Waals surface area contributed by atoms with Gasteiger partial charge in [0.25, 0.3) is 5.76 Å². The molecule has 0 radical (unpaired) electrons. The SMILES string of the molecule is CC(C)C(C)(C)C=C(O)[CH+]C(C)(C)C(C)C. The van der Waals surface area contributed by atoms with Crippen molar-refractivity contribution in [2.45, 2.75) is 55.4 Å². The summed E-state index contributed by atoms with van der Waals surface area (Å²) in [5, 5.41) is 10.0. The van der Waals surface area contributed by atoms with Crippen molar-refractivity contribution in [1.29, 1.82) is 0 Å². The van der Waals surface area contributed by atoms with Crippen LogP contribution in [-0.2, 0) is 0 Å². The van der Waals surface area contributed by atoms with Gasteiger partial charge in [-0.2, -0.15) is 0 Å². The third-order valence-electron chi connectivity index (χ3n) is 4.02. The molecule has 1 nitrogen and oxygen atoms in total. The molecule has 1 N–H and O–H groups in total. The number of hydrogen-bond donors (Lipinski definition) is 1. The van der Waals surface area contributed by atoms with E-state index in [0.29, 0.717) is 17.6 Å². The minimum Gasteiger partial charge on any atom is -0.478 e. The minimum absolute atomic E-state index is 0.0354. The molecule has 0 bridgehead atoms. The summed E-state index contributed by atoms with van der Waals surface area (Å²) in [6, 6.07) is 0. The predicted octanol–water partition coefficient (Wildman–Crippen LogP) is 5.00. The van der Waals surface area contributed by atoms with Crippen LogP contribution in [0.5, 0.6) is 0 Å². The van der Waals surface area contributed by atoms with E-state index < -0.39 is 0 Å². The van der Waals surface area contributed by atoms with E-state index in [0.717, 1.165) is 0 Å². The maximum atomic E-state index is 10.0. The summed E-state index contributed by atoms with van der Waals surface area (Å²) in [7, 11) is 0. The van der Waals surface area contributed by atoms with Crippen molar-refractivity contribution in [2.24, 2.45) is 22.7 Å². The predicted molar refractivity (Wildman–Crippen MR) is 72.2 cm³/mol. The van der Waals surface area contributed by atoms with Crippen LogP contribution in [-0.4, -0.2) is 5.11 Å². The van der Waals surface area contributed by atoms with Gasteiger partial charge in [0.1, 0.15) is 0 Å². The molecule has 0 amide bonds. The summed E-state index contributed by atoms with van der Waals surface area (Å²) >= 11 is 0. The van der Waals surface area contributed by atoms with Crippen molar-refractivity contribution in [3.05, 3.63) is 18.3 Å². The molecule has 0 atom stereocenters. The Morgan fingerprint density at radius 1 is 1.00 bits per heavy atom. The number of hydrogen-bond acceptors (Lipinski definition) is 1. The molecule has 0 aliphatic heterocycles. The lowest BCUT2D eigenvalue weighted by Crippen LogP contribution is -2.22. The van der Waals surface area contributed by atoms with E-state index in [1.165, 1.54) is 0 Å². The second-order valence-electron chi connectivity index (χ2n) is 6.67. The molecule has 0 aromatic carbocycles. The van der Waals surface area contributed by atoms with E-state index in [4.69, 9.17) is 0 Å². The number of aliphatic hydroxyl groups excluding tert-OH is 1. The monoisotopic (exact) mass is 225 g/mol. The van der Waals surface area contributed by atoms with Gasteiger partial charge in [-0.3, -0.25) is 0 Å². The first-order valence-corrected chi connectivity index (χ1v) is 6.27. The van der Waals surface area contributed by atoms with Crippen molar-refractivity contribution < 1.29 is 5.11 Å². The van der Waals surface area contributed by atoms with Gasteiger partial charge >= 0.3 is 0 Å². The average Bonchev–Trinajstić information content (AvgIpc) is 2.00. The van der Waals surface area contributed by atoms with Crippen molar-refractivity contribution in [2.75, 3.05) is 0 Å². The average molecular weight is 225 g/mol. The largest absolute Gasteiger partial charge is 0.478 e. The van der Waals surface area contributed by atoms with Gasteiger partial charge in [-0.1, -0.05) is 27.7 Å². The Labute approximate surface area is 102 Å². The quantitative estimate of drug-likeness (QED) is 0.516. The van der Waals surface area contributed by atoms with E-state index >= 15 is 0 Å². The van der Waals surface area contributed by atoms with E-state index in [2.05, 4.69) is 55.4 Å². The standard InChI is InChI=1S/C15H28O/c1-11(2)14(5,6)9-13(16)10-15(7,8)12(3)4/h9-12H,1-8H3/p+1. The van der Waals surface area contributed by atoms with Crippen LogP contribution in [0.15, 0.2) is 11.8 Å². The second kappa shape index (κ2) is 5.16. The van der Waals surface area contributed by atoms with Gasteiger partial charge in [0.05, 0.1) is 23.3 Å². The molecular weight excluding hydrogens is 196 g/mol. The minimum atomic E-state index is 0.0354. The van der Waals surface area contributed by atoms with Gasteiger partial charge in [-0.25, -0.2) is 0 Å². The number of allylic oxidation sites excluding steroid dienone is 2. The molecule has 0 unspecified atom stereocenters. The molecule has 0 fully saturated rings. The zero-order valence-corrected chi connectivity index (χ0v) is 12.3. The summed E-state index contributed by atoms with van der Waals surface area (Å²) in [4.78, 5) is 0. The molecule has 0 aromatic heterocycles. The normalized spacial score (nSPS) is 14.8. The van der Waals surface area contributed by atoms with Crippen molar-refractivity contribution >= 4 is 0 Å². The molecule has 0 saturated heterocycles. The maximum Gasteiger partial charge on any atom is 0.274 e. The van der Waals surface area contributed by atoms with E-state index in [-0.39, 0.29) is 10.8 Å². The molecule has 0 aromatic rings. The van der Waals surface area contributed by atoms with Gasteiger partial charge < -0.3 is 5.11 Å². The smallest absolute Gasteiger partial charge is 0.274 e. The first-order chi connectivity index (χ1) is 6.99. The summed E-state index contributed by atoms with van der Waals surface area (Å²) in [5.74, 6) is 1.45. The Morgan fingerprint density at radius 3 is 1.75 bits per heavy atom. The molecule has 0 spiro atoms. The Bertz CT molecular complexity index is 244. The van der Waals surface area contributed by atoms with E-state index in [1.54, 1.807) is 0 Å². The van der Waals surface area contributed by atoms with Crippen molar-refractivity contribution in [3.63, 3.8) is 0 Å². The van der Waals surface area contributed by atoms with E-state index in [9.17, 15) is 5.11 Å². The highest BCUT2D eigenvalue weighted by atomic mass is 16.3. The van der Waals surface area contributed by atoms with Crippen LogP contribution < -0.4 is 0 Å². The number of rotatable bonds is 5. The Balaban J connectivity index is 4.71. The molecule has 16 heavy (non-hydrogen) atoms. The lowest BCUT2D eigenvalue weighted by Gasteiger charge is -2.25. The third kappa shape index (κ3) is 4.51. The molecule has 0 heterocycles. The van der Waals surface area contributed by atoms with E-state index in [1.807, 2.05) is 12.5 Å². The first kappa shape index (κ1) is 15.4. The van der Waals surface area contributed by atoms with Crippen LogP contribution in [0.3, 0.4) is 0 Å². The van der Waals surface area contributed by atoms with Crippen LogP contribution in [0.4, 0.5) is 0 Å². The summed E-state index contributed by atoms with van der Waals surface area (Å²) in [6.07, 6.45) is 3.95. The zero-order valence-electron chi connectivity index (χ0n) is 12.3. The van der Waals surface area contributed by atoms with Crippen LogP contribution >= 0.6 is 0 Å². The summed E-state index contributed by atoms with van der Waals surface area (Å²) < 4.78 is 0. The molecule has 0 aliphatic rings. The lowest BCUT2D eigenvalue weighted by molar-refractivity contribution is 0.265. The summed E-state index contributed by atoms with van der Waals surface area (Å²) in [6.45, 7) is 17.3.